The van der Waals surface area contributed by atoms with Crippen LogP contribution in [0.15, 0.2) is 66.4 Å². The van der Waals surface area contributed by atoms with Gasteiger partial charge in [-0.25, -0.2) is 19.2 Å². The molecule has 4 heterocycles. The molecule has 4 aromatic rings. The second-order valence-corrected chi connectivity index (χ2v) is 11.0. The Morgan fingerprint density at radius 3 is 2.79 bits per heavy atom. The fourth-order valence-electron chi connectivity index (χ4n) is 5.89. The first-order valence-electron chi connectivity index (χ1n) is 14.2. The van der Waals surface area contributed by atoms with E-state index in [1.54, 1.807) is 30.3 Å². The van der Waals surface area contributed by atoms with Crippen LogP contribution >= 0.6 is 0 Å². The molecule has 43 heavy (non-hydrogen) atoms. The number of aromatic nitrogens is 3. The summed E-state index contributed by atoms with van der Waals surface area (Å²) in [4.78, 5) is 23.3. The Labute approximate surface area is 246 Å². The molecule has 3 atom stereocenters. The van der Waals surface area contributed by atoms with Gasteiger partial charge in [0.15, 0.2) is 11.6 Å². The Hall–Kier alpha value is -4.95. The molecule has 2 fully saturated rings. The molecule has 2 aromatic heterocycles. The zero-order chi connectivity index (χ0) is 29.5. The largest absolute Gasteiger partial charge is 0.484 e. The minimum Gasteiger partial charge on any atom is -0.484 e. The second kappa shape index (κ2) is 11.0. The number of aromatic carboxylic acids is 1. The van der Waals surface area contributed by atoms with Gasteiger partial charge in [0.2, 0.25) is 5.88 Å². The molecule has 10 nitrogen and oxygen atoms in total. The Morgan fingerprint density at radius 1 is 1.19 bits per heavy atom. The zero-order valence-electron chi connectivity index (χ0n) is 23.1. The van der Waals surface area contributed by atoms with Gasteiger partial charge in [-0.3, -0.25) is 0 Å². The van der Waals surface area contributed by atoms with Crippen molar-refractivity contribution < 1.29 is 28.5 Å². The lowest BCUT2D eigenvalue weighted by atomic mass is 10.1. The lowest BCUT2D eigenvalue weighted by Crippen LogP contribution is -2.34. The van der Waals surface area contributed by atoms with E-state index in [9.17, 15) is 14.3 Å². The van der Waals surface area contributed by atoms with Gasteiger partial charge in [-0.05, 0) is 61.4 Å². The average molecular weight is 582 g/mol. The van der Waals surface area contributed by atoms with E-state index in [0.717, 1.165) is 48.9 Å². The molecule has 0 radical (unpaired) electrons. The second-order valence-electron chi connectivity index (χ2n) is 11.0. The third kappa shape index (κ3) is 5.37. The Bertz CT molecular complexity index is 1790. The SMILES string of the molecule is N#Cc1ccc(OCc2cccc(OC3C=C4CC3CN4Cc3nc4ccc(C(=O)O)cc4n3C[C@@H]3CCO3)n2)c(F)c1. The van der Waals surface area contributed by atoms with Gasteiger partial charge in [0.1, 0.15) is 18.5 Å². The lowest BCUT2D eigenvalue weighted by molar-refractivity contribution is -0.0591. The van der Waals surface area contributed by atoms with Gasteiger partial charge < -0.3 is 28.8 Å². The first kappa shape index (κ1) is 26.9. The fraction of sp³-hybridized carbons (Fsp3) is 0.312. The molecule has 2 aliphatic heterocycles. The number of halogens is 1. The zero-order valence-corrected chi connectivity index (χ0v) is 23.1. The number of pyridine rings is 1. The topological polar surface area (TPSA) is 123 Å². The minimum absolute atomic E-state index is 0.0566. The summed E-state index contributed by atoms with van der Waals surface area (Å²) in [5, 5.41) is 18.4. The van der Waals surface area contributed by atoms with Crippen LogP contribution in [0.5, 0.6) is 11.6 Å². The van der Waals surface area contributed by atoms with Crippen LogP contribution in [0.25, 0.3) is 11.0 Å². The molecule has 218 valence electrons. The van der Waals surface area contributed by atoms with Crippen molar-refractivity contribution in [3.63, 3.8) is 0 Å². The van der Waals surface area contributed by atoms with Crippen molar-refractivity contribution >= 4 is 17.0 Å². The number of rotatable bonds is 10. The van der Waals surface area contributed by atoms with Gasteiger partial charge in [-0.15, -0.1) is 0 Å². The van der Waals surface area contributed by atoms with E-state index in [-0.39, 0.29) is 41.6 Å². The molecule has 11 heteroatoms. The predicted octanol–water partition coefficient (Wildman–Crippen LogP) is 4.68. The van der Waals surface area contributed by atoms with Gasteiger partial charge in [-0.2, -0.15) is 5.26 Å². The number of nitriles is 1. The number of hydrogen-bond donors (Lipinski definition) is 1. The normalized spacial score (nSPS) is 20.5. The first-order chi connectivity index (χ1) is 20.9. The van der Waals surface area contributed by atoms with Gasteiger partial charge >= 0.3 is 5.97 Å². The van der Waals surface area contributed by atoms with Crippen molar-refractivity contribution in [1.29, 1.82) is 5.26 Å². The molecular formula is C32H28FN5O5. The minimum atomic E-state index is -0.961. The number of carboxylic acid groups (broad SMARTS) is 1. The number of benzene rings is 2. The van der Waals surface area contributed by atoms with Crippen LogP contribution in [-0.4, -0.2) is 55.9 Å². The van der Waals surface area contributed by atoms with Crippen molar-refractivity contribution in [1.82, 2.24) is 19.4 Å². The van der Waals surface area contributed by atoms with E-state index in [4.69, 9.17) is 24.5 Å². The van der Waals surface area contributed by atoms with E-state index in [0.29, 0.717) is 24.7 Å². The number of likely N-dealkylation sites (tertiary alicyclic amines) is 1. The average Bonchev–Trinajstić information content (AvgIpc) is 3.66. The number of allylic oxidation sites excluding steroid dienone is 1. The number of fused-ring (bicyclic) bond motifs is 3. The predicted molar refractivity (Wildman–Crippen MR) is 152 cm³/mol. The van der Waals surface area contributed by atoms with Crippen molar-refractivity contribution in [2.24, 2.45) is 5.92 Å². The maximum absolute atomic E-state index is 14.2. The summed E-state index contributed by atoms with van der Waals surface area (Å²) < 4.78 is 33.8. The Morgan fingerprint density at radius 2 is 2.07 bits per heavy atom. The van der Waals surface area contributed by atoms with Crippen molar-refractivity contribution in [2.45, 2.75) is 44.7 Å². The Balaban J connectivity index is 1.03. The van der Waals surface area contributed by atoms with Gasteiger partial charge in [0.05, 0.1) is 53.1 Å². The number of nitrogens with zero attached hydrogens (tertiary/aromatic N) is 5. The van der Waals surface area contributed by atoms with Crippen LogP contribution in [0.4, 0.5) is 4.39 Å². The van der Waals surface area contributed by atoms with Gasteiger partial charge in [0.25, 0.3) is 0 Å². The third-order valence-corrected chi connectivity index (χ3v) is 8.21. The summed E-state index contributed by atoms with van der Waals surface area (Å²) in [6, 6.07) is 16.5. The number of ether oxygens (including phenoxy) is 3. The molecule has 3 aliphatic rings. The fourth-order valence-corrected chi connectivity index (χ4v) is 5.89. The number of imidazole rings is 1. The quantitative estimate of drug-likeness (QED) is 0.285. The van der Waals surface area contributed by atoms with E-state index < -0.39 is 11.8 Å². The number of carbonyl (C=O) groups is 1. The van der Waals surface area contributed by atoms with Crippen LogP contribution in [-0.2, 0) is 24.4 Å². The molecule has 2 unspecified atom stereocenters. The maximum Gasteiger partial charge on any atom is 0.335 e. The number of hydrogen-bond acceptors (Lipinski definition) is 8. The van der Waals surface area contributed by atoms with Crippen molar-refractivity contribution in [3.05, 3.63) is 94.8 Å². The standard InChI is InChI=1S/C32H28FN5O5/c33-25-10-19(14-34)4-7-28(25)42-18-22-2-1-3-31(35-22)43-29-13-23-11-21(29)15-37(23)17-30-36-26-6-5-20(32(39)40)12-27(26)38(30)16-24-8-9-41-24/h1-7,10,12-13,21,24,29H,8-9,11,15-18H2,(H,39,40)/t21?,24-,29?/m0/s1. The van der Waals surface area contributed by atoms with E-state index >= 15 is 0 Å². The van der Waals surface area contributed by atoms with Crippen LogP contribution in [0.1, 0.15) is 40.3 Å². The summed E-state index contributed by atoms with van der Waals surface area (Å²) >= 11 is 0. The monoisotopic (exact) mass is 581 g/mol. The van der Waals surface area contributed by atoms with Crippen LogP contribution < -0.4 is 9.47 Å². The van der Waals surface area contributed by atoms with E-state index in [1.165, 1.54) is 17.8 Å². The highest BCUT2D eigenvalue weighted by atomic mass is 19.1. The summed E-state index contributed by atoms with van der Waals surface area (Å²) in [5.74, 6) is 0.112. The summed E-state index contributed by atoms with van der Waals surface area (Å²) in [5.41, 5.74) is 3.84. The van der Waals surface area contributed by atoms with Crippen LogP contribution in [0.2, 0.25) is 0 Å². The summed E-state index contributed by atoms with van der Waals surface area (Å²) in [7, 11) is 0. The summed E-state index contributed by atoms with van der Waals surface area (Å²) in [6.45, 7) is 2.86. The maximum atomic E-state index is 14.2. The molecule has 0 spiro atoms. The highest BCUT2D eigenvalue weighted by molar-refractivity contribution is 5.92. The molecule has 0 saturated carbocycles. The molecular weight excluding hydrogens is 553 g/mol. The van der Waals surface area contributed by atoms with E-state index in [2.05, 4.69) is 20.5 Å². The molecule has 1 aliphatic carbocycles. The van der Waals surface area contributed by atoms with Crippen LogP contribution in [0.3, 0.4) is 0 Å². The third-order valence-electron chi connectivity index (χ3n) is 8.21. The summed E-state index contributed by atoms with van der Waals surface area (Å²) in [6.07, 6.45) is 3.98. The highest BCUT2D eigenvalue weighted by Crippen LogP contribution is 2.39. The molecule has 1 N–H and O–H groups in total. The van der Waals surface area contributed by atoms with Gasteiger partial charge in [0, 0.05) is 30.8 Å². The highest BCUT2D eigenvalue weighted by Gasteiger charge is 2.40. The van der Waals surface area contributed by atoms with E-state index in [1.807, 2.05) is 12.1 Å². The van der Waals surface area contributed by atoms with Crippen molar-refractivity contribution in [3.8, 4) is 17.7 Å². The van der Waals surface area contributed by atoms with Crippen molar-refractivity contribution in [2.75, 3.05) is 13.2 Å². The first-order valence-corrected chi connectivity index (χ1v) is 14.2. The Kier molecular flexibility index (Phi) is 6.91. The number of carboxylic acids is 1. The smallest absolute Gasteiger partial charge is 0.335 e. The van der Waals surface area contributed by atoms with Gasteiger partial charge in [-0.1, -0.05) is 6.07 Å². The molecule has 7 rings (SSSR count). The lowest BCUT2D eigenvalue weighted by Gasteiger charge is -2.29. The molecule has 2 aromatic carbocycles. The molecule has 0 amide bonds. The van der Waals surface area contributed by atoms with Crippen LogP contribution in [0, 0.1) is 23.1 Å². The molecule has 2 bridgehead atoms. The molecule has 2 saturated heterocycles.